The minimum atomic E-state index is -0.200. The molecule has 34 heavy (non-hydrogen) atoms. The fourth-order valence-electron chi connectivity index (χ4n) is 5.15. The number of benzene rings is 2. The van der Waals surface area contributed by atoms with Gasteiger partial charge in [0.05, 0.1) is 18.8 Å². The molecule has 2 aromatic rings. The van der Waals surface area contributed by atoms with Gasteiger partial charge in [-0.05, 0) is 49.6 Å². The topological polar surface area (TPSA) is 68.3 Å². The van der Waals surface area contributed by atoms with Crippen LogP contribution < -0.4 is 9.47 Å². The lowest BCUT2D eigenvalue weighted by Gasteiger charge is -2.38. The average Bonchev–Trinajstić information content (AvgIpc) is 3.46. The lowest BCUT2D eigenvalue weighted by molar-refractivity contribution is -0.128. The van der Waals surface area contributed by atoms with Crippen molar-refractivity contribution in [3.05, 3.63) is 60.2 Å². The van der Waals surface area contributed by atoms with Gasteiger partial charge in [-0.3, -0.25) is 9.59 Å². The van der Waals surface area contributed by atoms with Gasteiger partial charge in [-0.1, -0.05) is 24.3 Å². The van der Waals surface area contributed by atoms with E-state index in [0.29, 0.717) is 50.6 Å². The van der Waals surface area contributed by atoms with Gasteiger partial charge in [0.25, 0.3) is 5.91 Å². The first-order valence-corrected chi connectivity index (χ1v) is 12.3. The number of amides is 2. The SMILES string of the molecule is O=C1CCCN1CCOc1cccc(C(=O)N2CCC3(CC2)C[C@@H](Oc2ccccc2)CO3)c1. The molecule has 7 nitrogen and oxygen atoms in total. The van der Waals surface area contributed by atoms with E-state index in [9.17, 15) is 9.59 Å². The monoisotopic (exact) mass is 464 g/mol. The average molecular weight is 465 g/mol. The number of para-hydroxylation sites is 1. The Hall–Kier alpha value is -3.06. The second-order valence-electron chi connectivity index (χ2n) is 9.40. The molecule has 7 heteroatoms. The standard InChI is InChI=1S/C27H32N2O5/c30-25-10-5-13-28(25)16-17-32-23-9-4-6-21(18-23)26(31)29-14-11-27(12-15-29)19-24(20-33-27)34-22-7-2-1-3-8-22/h1-4,6-9,18,24H,5,10-17,19-20H2/t24-/m1/s1. The Morgan fingerprint density at radius 3 is 2.59 bits per heavy atom. The van der Waals surface area contributed by atoms with E-state index in [0.717, 1.165) is 38.0 Å². The van der Waals surface area contributed by atoms with Gasteiger partial charge in [0.2, 0.25) is 5.91 Å². The van der Waals surface area contributed by atoms with Gasteiger partial charge < -0.3 is 24.0 Å². The summed E-state index contributed by atoms with van der Waals surface area (Å²) in [5, 5.41) is 0. The summed E-state index contributed by atoms with van der Waals surface area (Å²) in [6.45, 7) is 3.74. The second-order valence-corrected chi connectivity index (χ2v) is 9.40. The molecule has 5 rings (SSSR count). The molecule has 1 spiro atoms. The number of likely N-dealkylation sites (tertiary alicyclic amines) is 2. The lowest BCUT2D eigenvalue weighted by atomic mass is 9.87. The van der Waals surface area contributed by atoms with Crippen molar-refractivity contribution < 1.29 is 23.8 Å². The van der Waals surface area contributed by atoms with Crippen LogP contribution in [0.4, 0.5) is 0 Å². The largest absolute Gasteiger partial charge is 0.492 e. The first kappa shape index (κ1) is 22.7. The van der Waals surface area contributed by atoms with Crippen LogP contribution in [0.25, 0.3) is 0 Å². The number of ether oxygens (including phenoxy) is 3. The molecule has 3 heterocycles. The molecule has 2 aromatic carbocycles. The zero-order chi connectivity index (χ0) is 23.4. The van der Waals surface area contributed by atoms with E-state index >= 15 is 0 Å². The van der Waals surface area contributed by atoms with Gasteiger partial charge in [0, 0.05) is 38.0 Å². The summed E-state index contributed by atoms with van der Waals surface area (Å²) in [6.07, 6.45) is 4.08. The van der Waals surface area contributed by atoms with Crippen LogP contribution in [-0.4, -0.2) is 72.7 Å². The number of hydrogen-bond acceptors (Lipinski definition) is 5. The smallest absolute Gasteiger partial charge is 0.253 e. The molecule has 0 aromatic heterocycles. The molecular weight excluding hydrogens is 432 g/mol. The van der Waals surface area contributed by atoms with E-state index in [2.05, 4.69) is 0 Å². The highest BCUT2D eigenvalue weighted by Crippen LogP contribution is 2.37. The molecule has 2 amide bonds. The van der Waals surface area contributed by atoms with Crippen molar-refractivity contribution in [2.75, 3.05) is 39.4 Å². The number of piperidine rings is 1. The van der Waals surface area contributed by atoms with Crippen molar-refractivity contribution in [3.63, 3.8) is 0 Å². The normalized spacial score (nSPS) is 21.8. The van der Waals surface area contributed by atoms with Crippen LogP contribution >= 0.6 is 0 Å². The second kappa shape index (κ2) is 10.1. The Morgan fingerprint density at radius 2 is 1.82 bits per heavy atom. The van der Waals surface area contributed by atoms with E-state index in [4.69, 9.17) is 14.2 Å². The van der Waals surface area contributed by atoms with Crippen molar-refractivity contribution in [1.29, 1.82) is 0 Å². The molecule has 180 valence electrons. The first-order valence-electron chi connectivity index (χ1n) is 12.3. The zero-order valence-electron chi connectivity index (χ0n) is 19.5. The van der Waals surface area contributed by atoms with Crippen LogP contribution in [0.5, 0.6) is 11.5 Å². The maximum absolute atomic E-state index is 13.1. The number of hydrogen-bond donors (Lipinski definition) is 0. The zero-order valence-corrected chi connectivity index (χ0v) is 19.5. The maximum atomic E-state index is 13.1. The third-order valence-corrected chi connectivity index (χ3v) is 7.07. The van der Waals surface area contributed by atoms with E-state index < -0.39 is 0 Å². The Morgan fingerprint density at radius 1 is 1.03 bits per heavy atom. The van der Waals surface area contributed by atoms with Gasteiger partial charge in [0.1, 0.15) is 24.2 Å². The van der Waals surface area contributed by atoms with E-state index in [1.165, 1.54) is 0 Å². The van der Waals surface area contributed by atoms with Crippen LogP contribution in [0.2, 0.25) is 0 Å². The molecule has 3 aliphatic rings. The van der Waals surface area contributed by atoms with Crippen molar-refractivity contribution in [3.8, 4) is 11.5 Å². The Balaban J connectivity index is 1.11. The van der Waals surface area contributed by atoms with Gasteiger partial charge in [-0.15, -0.1) is 0 Å². The molecule has 1 atom stereocenters. The number of carbonyl (C=O) groups excluding carboxylic acids is 2. The van der Waals surface area contributed by atoms with Gasteiger partial charge in [-0.25, -0.2) is 0 Å². The highest BCUT2D eigenvalue weighted by molar-refractivity contribution is 5.94. The van der Waals surface area contributed by atoms with Crippen molar-refractivity contribution in [1.82, 2.24) is 9.80 Å². The summed E-state index contributed by atoms with van der Waals surface area (Å²) in [7, 11) is 0. The number of nitrogens with zero attached hydrogens (tertiary/aromatic N) is 2. The van der Waals surface area contributed by atoms with Crippen molar-refractivity contribution in [2.45, 2.75) is 43.8 Å². The molecule has 0 aliphatic carbocycles. The summed E-state index contributed by atoms with van der Waals surface area (Å²) in [6, 6.07) is 17.2. The lowest BCUT2D eigenvalue weighted by Crippen LogP contribution is -2.46. The molecule has 0 N–H and O–H groups in total. The molecule has 0 bridgehead atoms. The predicted molar refractivity (Wildman–Crippen MR) is 127 cm³/mol. The van der Waals surface area contributed by atoms with Crippen LogP contribution in [0.3, 0.4) is 0 Å². The van der Waals surface area contributed by atoms with Crippen molar-refractivity contribution >= 4 is 11.8 Å². The minimum absolute atomic E-state index is 0.0186. The van der Waals surface area contributed by atoms with Crippen LogP contribution in [0, 0.1) is 0 Å². The van der Waals surface area contributed by atoms with Crippen molar-refractivity contribution in [2.24, 2.45) is 0 Å². The summed E-state index contributed by atoms with van der Waals surface area (Å²) < 4.78 is 18.1. The predicted octanol–water partition coefficient (Wildman–Crippen LogP) is 3.53. The molecule has 0 radical (unpaired) electrons. The maximum Gasteiger partial charge on any atom is 0.253 e. The van der Waals surface area contributed by atoms with Gasteiger partial charge in [-0.2, -0.15) is 0 Å². The quantitative estimate of drug-likeness (QED) is 0.627. The van der Waals surface area contributed by atoms with E-state index in [1.807, 2.05) is 58.3 Å². The molecule has 3 saturated heterocycles. The highest BCUT2D eigenvalue weighted by atomic mass is 16.6. The fraction of sp³-hybridized carbons (Fsp3) is 0.481. The minimum Gasteiger partial charge on any atom is -0.492 e. The molecule has 0 saturated carbocycles. The molecule has 0 unspecified atom stereocenters. The Kier molecular flexibility index (Phi) is 6.72. The summed E-state index contributed by atoms with van der Waals surface area (Å²) in [5.74, 6) is 1.74. The third kappa shape index (κ3) is 5.20. The van der Waals surface area contributed by atoms with Crippen LogP contribution in [0.15, 0.2) is 54.6 Å². The summed E-state index contributed by atoms with van der Waals surface area (Å²) in [5.41, 5.74) is 0.428. The summed E-state index contributed by atoms with van der Waals surface area (Å²) in [4.78, 5) is 28.6. The van der Waals surface area contributed by atoms with Crippen LogP contribution in [-0.2, 0) is 9.53 Å². The third-order valence-electron chi connectivity index (χ3n) is 7.07. The number of rotatable bonds is 7. The van der Waals surface area contributed by atoms with Gasteiger partial charge in [0.15, 0.2) is 0 Å². The number of carbonyl (C=O) groups is 2. The fourth-order valence-corrected chi connectivity index (χ4v) is 5.15. The Labute approximate surface area is 200 Å². The Bertz CT molecular complexity index is 1000. The van der Waals surface area contributed by atoms with Crippen LogP contribution in [0.1, 0.15) is 42.5 Å². The van der Waals surface area contributed by atoms with E-state index in [1.54, 1.807) is 6.07 Å². The van der Waals surface area contributed by atoms with Gasteiger partial charge >= 0.3 is 0 Å². The van der Waals surface area contributed by atoms with E-state index in [-0.39, 0.29) is 23.5 Å². The molecular formula is C27H32N2O5. The highest BCUT2D eigenvalue weighted by Gasteiger charge is 2.44. The summed E-state index contributed by atoms with van der Waals surface area (Å²) >= 11 is 0. The molecule has 3 fully saturated rings. The first-order chi connectivity index (χ1) is 16.6. The molecule has 3 aliphatic heterocycles.